The Morgan fingerprint density at radius 1 is 1.33 bits per heavy atom. The third-order valence-electron chi connectivity index (χ3n) is 2.67. The van der Waals surface area contributed by atoms with E-state index in [1.165, 1.54) is 11.3 Å². The molecule has 0 spiro atoms. The molecule has 1 aromatic carbocycles. The maximum absolute atomic E-state index is 13.9. The second-order valence-corrected chi connectivity index (χ2v) is 5.40. The summed E-state index contributed by atoms with van der Waals surface area (Å²) in [6.07, 6.45) is 1.05. The summed E-state index contributed by atoms with van der Waals surface area (Å²) in [5.74, 6) is -0.180. The van der Waals surface area contributed by atoms with Crippen molar-refractivity contribution in [1.82, 2.24) is 5.32 Å². The molecule has 4 heteroatoms. The summed E-state index contributed by atoms with van der Waals surface area (Å²) in [5.41, 5.74) is 1.53. The van der Waals surface area contributed by atoms with Crippen LogP contribution in [0.4, 0.5) is 4.39 Å². The van der Waals surface area contributed by atoms with E-state index in [0.29, 0.717) is 17.1 Å². The average Bonchev–Trinajstić information content (AvgIpc) is 2.78. The first-order valence-corrected chi connectivity index (χ1v) is 7.20. The molecule has 0 amide bonds. The number of hydrogen-bond donors (Lipinski definition) is 1. The Morgan fingerprint density at radius 3 is 2.78 bits per heavy atom. The fourth-order valence-corrected chi connectivity index (χ4v) is 2.90. The maximum Gasteiger partial charge on any atom is 0.128 e. The van der Waals surface area contributed by atoms with Gasteiger partial charge in [-0.2, -0.15) is 0 Å². The molecule has 0 atom stereocenters. The van der Waals surface area contributed by atoms with Gasteiger partial charge in [0.15, 0.2) is 0 Å². The molecule has 1 heterocycles. The molecule has 1 aromatic heterocycles. The van der Waals surface area contributed by atoms with Crippen molar-refractivity contribution in [3.05, 3.63) is 46.0 Å². The van der Waals surface area contributed by atoms with Crippen molar-refractivity contribution >= 4 is 22.9 Å². The van der Waals surface area contributed by atoms with Crippen LogP contribution in [0.2, 0.25) is 5.02 Å². The van der Waals surface area contributed by atoms with Crippen LogP contribution in [0.3, 0.4) is 0 Å². The molecule has 0 unspecified atom stereocenters. The van der Waals surface area contributed by atoms with Gasteiger partial charge in [-0.15, -0.1) is 11.3 Å². The lowest BCUT2D eigenvalue weighted by molar-refractivity contribution is 0.587. The molecule has 0 radical (unpaired) electrons. The summed E-state index contributed by atoms with van der Waals surface area (Å²) < 4.78 is 13.9. The minimum absolute atomic E-state index is 0.180. The Kier molecular flexibility index (Phi) is 4.75. The molecular formula is C14H15ClFNS. The third-order valence-corrected chi connectivity index (χ3v) is 4.07. The Morgan fingerprint density at radius 2 is 2.17 bits per heavy atom. The molecular weight excluding hydrogens is 269 g/mol. The first kappa shape index (κ1) is 13.5. The van der Waals surface area contributed by atoms with E-state index < -0.39 is 0 Å². The number of rotatable bonds is 5. The highest BCUT2D eigenvalue weighted by atomic mass is 35.5. The van der Waals surface area contributed by atoms with E-state index in [4.69, 9.17) is 11.6 Å². The molecule has 0 aliphatic heterocycles. The van der Waals surface area contributed by atoms with Gasteiger partial charge in [-0.25, -0.2) is 4.39 Å². The van der Waals surface area contributed by atoms with Gasteiger partial charge in [0.2, 0.25) is 0 Å². The molecule has 96 valence electrons. The lowest BCUT2D eigenvalue weighted by Crippen LogP contribution is -2.14. The van der Waals surface area contributed by atoms with Crippen molar-refractivity contribution in [2.75, 3.05) is 6.54 Å². The SMILES string of the molecule is CCCNCc1ccc(-c2sccc2Cl)cc1F. The van der Waals surface area contributed by atoms with Gasteiger partial charge < -0.3 is 5.32 Å². The number of benzene rings is 1. The van der Waals surface area contributed by atoms with E-state index in [9.17, 15) is 4.39 Å². The van der Waals surface area contributed by atoms with Gasteiger partial charge in [0.05, 0.1) is 9.90 Å². The zero-order valence-corrected chi connectivity index (χ0v) is 11.7. The van der Waals surface area contributed by atoms with Gasteiger partial charge in [0, 0.05) is 12.1 Å². The molecule has 0 bridgehead atoms. The van der Waals surface area contributed by atoms with Gasteiger partial charge in [0.1, 0.15) is 5.82 Å². The second-order valence-electron chi connectivity index (χ2n) is 4.08. The lowest BCUT2D eigenvalue weighted by Gasteiger charge is -2.06. The van der Waals surface area contributed by atoms with Crippen LogP contribution in [-0.4, -0.2) is 6.54 Å². The largest absolute Gasteiger partial charge is 0.313 e. The van der Waals surface area contributed by atoms with Crippen LogP contribution in [0.15, 0.2) is 29.6 Å². The highest BCUT2D eigenvalue weighted by Gasteiger charge is 2.08. The quantitative estimate of drug-likeness (QED) is 0.784. The van der Waals surface area contributed by atoms with Crippen LogP contribution in [0.25, 0.3) is 10.4 Å². The van der Waals surface area contributed by atoms with E-state index >= 15 is 0 Å². The minimum atomic E-state index is -0.180. The lowest BCUT2D eigenvalue weighted by atomic mass is 10.1. The van der Waals surface area contributed by atoms with Gasteiger partial charge in [-0.1, -0.05) is 30.7 Å². The average molecular weight is 284 g/mol. The van der Waals surface area contributed by atoms with Gasteiger partial charge in [-0.3, -0.25) is 0 Å². The summed E-state index contributed by atoms with van der Waals surface area (Å²) in [7, 11) is 0. The molecule has 0 saturated heterocycles. The Bertz CT molecular complexity index is 524. The number of halogens is 2. The standard InChI is InChI=1S/C14H15ClFNS/c1-2-6-17-9-11-4-3-10(8-13(11)16)14-12(15)5-7-18-14/h3-5,7-8,17H,2,6,9H2,1H3. The first-order valence-electron chi connectivity index (χ1n) is 5.95. The van der Waals surface area contributed by atoms with Crippen molar-refractivity contribution in [3.63, 3.8) is 0 Å². The van der Waals surface area contributed by atoms with E-state index in [0.717, 1.165) is 23.4 Å². The molecule has 0 aliphatic carbocycles. The third kappa shape index (κ3) is 3.10. The predicted molar refractivity (Wildman–Crippen MR) is 76.7 cm³/mol. The van der Waals surface area contributed by atoms with Gasteiger partial charge in [-0.05, 0) is 36.0 Å². The Labute approximate surface area is 116 Å². The van der Waals surface area contributed by atoms with Crippen molar-refractivity contribution in [2.45, 2.75) is 19.9 Å². The summed E-state index contributed by atoms with van der Waals surface area (Å²) in [6.45, 7) is 3.56. The summed E-state index contributed by atoms with van der Waals surface area (Å²) in [6, 6.07) is 7.13. The highest BCUT2D eigenvalue weighted by Crippen LogP contribution is 2.33. The van der Waals surface area contributed by atoms with Crippen LogP contribution >= 0.6 is 22.9 Å². The molecule has 0 saturated carbocycles. The van der Waals surface area contributed by atoms with Crippen molar-refractivity contribution in [2.24, 2.45) is 0 Å². The molecule has 2 rings (SSSR count). The first-order chi connectivity index (χ1) is 8.72. The smallest absolute Gasteiger partial charge is 0.128 e. The van der Waals surface area contributed by atoms with E-state index in [1.54, 1.807) is 6.07 Å². The summed E-state index contributed by atoms with van der Waals surface area (Å²) in [5, 5.41) is 5.78. The van der Waals surface area contributed by atoms with Crippen LogP contribution in [0.5, 0.6) is 0 Å². The Balaban J connectivity index is 2.17. The van der Waals surface area contributed by atoms with Gasteiger partial charge >= 0.3 is 0 Å². The summed E-state index contributed by atoms with van der Waals surface area (Å²) in [4.78, 5) is 0.920. The topological polar surface area (TPSA) is 12.0 Å². The van der Waals surface area contributed by atoms with Gasteiger partial charge in [0.25, 0.3) is 0 Å². The summed E-state index contributed by atoms with van der Waals surface area (Å²) >= 11 is 7.57. The highest BCUT2D eigenvalue weighted by molar-refractivity contribution is 7.14. The zero-order valence-electron chi connectivity index (χ0n) is 10.2. The number of thiophene rings is 1. The zero-order chi connectivity index (χ0) is 13.0. The van der Waals surface area contributed by atoms with E-state index in [1.807, 2.05) is 23.6 Å². The normalized spacial score (nSPS) is 10.8. The number of nitrogens with one attached hydrogen (secondary N) is 1. The van der Waals surface area contributed by atoms with Crippen LogP contribution in [0.1, 0.15) is 18.9 Å². The molecule has 1 nitrogen and oxygen atoms in total. The molecule has 2 aromatic rings. The minimum Gasteiger partial charge on any atom is -0.313 e. The van der Waals surface area contributed by atoms with Crippen LogP contribution in [0, 0.1) is 5.82 Å². The molecule has 0 aliphatic rings. The predicted octanol–water partition coefficient (Wildman–Crippen LogP) is 4.71. The monoisotopic (exact) mass is 283 g/mol. The van der Waals surface area contributed by atoms with Crippen molar-refractivity contribution < 1.29 is 4.39 Å². The fraction of sp³-hybridized carbons (Fsp3) is 0.286. The fourth-order valence-electron chi connectivity index (χ4n) is 1.73. The van der Waals surface area contributed by atoms with E-state index in [-0.39, 0.29) is 5.82 Å². The second kappa shape index (κ2) is 6.32. The molecule has 1 N–H and O–H groups in total. The van der Waals surface area contributed by atoms with Crippen molar-refractivity contribution in [1.29, 1.82) is 0 Å². The number of hydrogen-bond acceptors (Lipinski definition) is 2. The maximum atomic E-state index is 13.9. The van der Waals surface area contributed by atoms with E-state index in [2.05, 4.69) is 12.2 Å². The Hall–Kier alpha value is -0.900. The van der Waals surface area contributed by atoms with Crippen LogP contribution in [-0.2, 0) is 6.54 Å². The molecule has 0 fully saturated rings. The van der Waals surface area contributed by atoms with Crippen LogP contribution < -0.4 is 5.32 Å². The van der Waals surface area contributed by atoms with Crippen molar-refractivity contribution in [3.8, 4) is 10.4 Å². The molecule has 18 heavy (non-hydrogen) atoms.